The van der Waals surface area contributed by atoms with Crippen LogP contribution in [0.3, 0.4) is 0 Å². The van der Waals surface area contributed by atoms with E-state index in [9.17, 15) is 0 Å². The van der Waals surface area contributed by atoms with E-state index >= 15 is 0 Å². The second kappa shape index (κ2) is 8.40. The first-order chi connectivity index (χ1) is 15.2. The molecule has 1 unspecified atom stereocenters. The van der Waals surface area contributed by atoms with Crippen molar-refractivity contribution in [1.29, 1.82) is 0 Å². The van der Waals surface area contributed by atoms with Gasteiger partial charge in [-0.05, 0) is 55.4 Å². The van der Waals surface area contributed by atoms with Gasteiger partial charge in [0.05, 0.1) is 5.39 Å². The first kappa shape index (κ1) is 19.6. The Morgan fingerprint density at radius 1 is 0.935 bits per heavy atom. The number of piperazine rings is 1. The van der Waals surface area contributed by atoms with Gasteiger partial charge in [0, 0.05) is 31.9 Å². The molecule has 5 rings (SSSR count). The normalized spacial score (nSPS) is 15.9. The van der Waals surface area contributed by atoms with Crippen LogP contribution < -0.4 is 9.64 Å². The highest BCUT2D eigenvalue weighted by atomic mass is 16.5. The molecule has 0 bridgehead atoms. The smallest absolute Gasteiger partial charge is 0.143 e. The Kier molecular flexibility index (Phi) is 5.30. The summed E-state index contributed by atoms with van der Waals surface area (Å²) in [5.74, 6) is 1.87. The maximum atomic E-state index is 6.11. The van der Waals surface area contributed by atoms with Crippen molar-refractivity contribution in [2.45, 2.75) is 13.0 Å². The van der Waals surface area contributed by atoms with E-state index in [1.807, 2.05) is 30.3 Å². The number of benzene rings is 2. The van der Waals surface area contributed by atoms with Crippen molar-refractivity contribution in [3.8, 4) is 17.0 Å². The number of hydrogen-bond acceptors (Lipinski definition) is 5. The van der Waals surface area contributed by atoms with E-state index in [2.05, 4.69) is 69.1 Å². The van der Waals surface area contributed by atoms with Gasteiger partial charge in [-0.15, -0.1) is 0 Å². The zero-order chi connectivity index (χ0) is 21.2. The summed E-state index contributed by atoms with van der Waals surface area (Å²) < 4.78 is 6.11. The average Bonchev–Trinajstić information content (AvgIpc) is 3.25. The second-order valence-electron chi connectivity index (χ2n) is 8.13. The lowest BCUT2D eigenvalue weighted by Gasteiger charge is -2.33. The molecule has 6 nitrogen and oxygen atoms in total. The number of nitrogens with zero attached hydrogens (tertiary/aromatic N) is 4. The summed E-state index contributed by atoms with van der Waals surface area (Å²) in [5.41, 5.74) is 4.17. The fraction of sp³-hybridized carbons (Fsp3) is 0.280. The monoisotopic (exact) mass is 413 g/mol. The number of hydrogen-bond donors (Lipinski definition) is 1. The predicted molar refractivity (Wildman–Crippen MR) is 125 cm³/mol. The van der Waals surface area contributed by atoms with Gasteiger partial charge in [-0.2, -0.15) is 0 Å². The molecule has 3 heterocycles. The SMILES string of the molecule is CC(Oc1ccc(-c2cc3c(N4CCN(C)CC4)ncnc3[nH]2)cc1)c1ccccc1. The molecule has 1 saturated heterocycles. The summed E-state index contributed by atoms with van der Waals surface area (Å²) in [6, 6.07) is 20.6. The summed E-state index contributed by atoms with van der Waals surface area (Å²) in [5, 5.41) is 1.07. The Bertz CT molecular complexity index is 1150. The summed E-state index contributed by atoms with van der Waals surface area (Å²) >= 11 is 0. The van der Waals surface area contributed by atoms with Crippen LogP contribution in [0.2, 0.25) is 0 Å². The highest BCUT2D eigenvalue weighted by Crippen LogP contribution is 2.30. The Morgan fingerprint density at radius 3 is 2.42 bits per heavy atom. The highest BCUT2D eigenvalue weighted by Gasteiger charge is 2.19. The van der Waals surface area contributed by atoms with Crippen LogP contribution in [0.1, 0.15) is 18.6 Å². The summed E-state index contributed by atoms with van der Waals surface area (Å²) in [6.45, 7) is 6.13. The van der Waals surface area contributed by atoms with Gasteiger partial charge in [0.2, 0.25) is 0 Å². The molecule has 2 aromatic heterocycles. The standard InChI is InChI=1S/C25H27N5O/c1-18(19-6-4-3-5-7-19)31-21-10-8-20(9-11-21)23-16-22-24(28-23)26-17-27-25(22)30-14-12-29(2)13-15-30/h3-11,16-18H,12-15H2,1-2H3,(H,26,27,28). The zero-order valence-electron chi connectivity index (χ0n) is 18.0. The largest absolute Gasteiger partial charge is 0.486 e. The number of fused-ring (bicyclic) bond motifs is 1. The van der Waals surface area contributed by atoms with E-state index in [1.165, 1.54) is 0 Å². The van der Waals surface area contributed by atoms with Gasteiger partial charge in [-0.25, -0.2) is 9.97 Å². The first-order valence-corrected chi connectivity index (χ1v) is 10.8. The van der Waals surface area contributed by atoms with Gasteiger partial charge in [0.25, 0.3) is 0 Å². The Hall–Kier alpha value is -3.38. The maximum absolute atomic E-state index is 6.11. The fourth-order valence-corrected chi connectivity index (χ4v) is 4.06. The first-order valence-electron chi connectivity index (χ1n) is 10.8. The molecule has 31 heavy (non-hydrogen) atoms. The number of likely N-dealkylation sites (N-methyl/N-ethyl adjacent to an activating group) is 1. The van der Waals surface area contributed by atoms with E-state index in [4.69, 9.17) is 4.74 Å². The van der Waals surface area contributed by atoms with Crippen molar-refractivity contribution in [3.05, 3.63) is 72.6 Å². The van der Waals surface area contributed by atoms with Gasteiger partial charge in [0.1, 0.15) is 29.6 Å². The average molecular weight is 414 g/mol. The molecule has 158 valence electrons. The minimum Gasteiger partial charge on any atom is -0.486 e. The molecular formula is C25H27N5O. The van der Waals surface area contributed by atoms with Crippen LogP contribution in [-0.2, 0) is 0 Å². The Morgan fingerprint density at radius 2 is 1.68 bits per heavy atom. The maximum Gasteiger partial charge on any atom is 0.143 e. The van der Waals surface area contributed by atoms with E-state index in [0.29, 0.717) is 0 Å². The van der Waals surface area contributed by atoms with Gasteiger partial charge in [-0.3, -0.25) is 0 Å². The third-order valence-corrected chi connectivity index (χ3v) is 5.95. The fourth-order valence-electron chi connectivity index (χ4n) is 4.06. The number of ether oxygens (including phenoxy) is 1. The van der Waals surface area contributed by atoms with Crippen LogP contribution in [0.4, 0.5) is 5.82 Å². The van der Waals surface area contributed by atoms with Gasteiger partial charge >= 0.3 is 0 Å². The van der Waals surface area contributed by atoms with Crippen molar-refractivity contribution in [2.75, 3.05) is 38.1 Å². The van der Waals surface area contributed by atoms with E-state index < -0.39 is 0 Å². The topological polar surface area (TPSA) is 57.3 Å². The molecule has 0 spiro atoms. The van der Waals surface area contributed by atoms with Crippen LogP contribution >= 0.6 is 0 Å². The summed E-state index contributed by atoms with van der Waals surface area (Å²) in [7, 11) is 2.16. The third-order valence-electron chi connectivity index (χ3n) is 5.95. The van der Waals surface area contributed by atoms with Crippen LogP contribution in [0.25, 0.3) is 22.3 Å². The number of rotatable bonds is 5. The minimum absolute atomic E-state index is 0.00143. The lowest BCUT2D eigenvalue weighted by atomic mass is 10.1. The number of aromatic nitrogens is 3. The molecule has 1 aliphatic rings. The molecule has 0 radical (unpaired) electrons. The van der Waals surface area contributed by atoms with Crippen molar-refractivity contribution < 1.29 is 4.74 Å². The van der Waals surface area contributed by atoms with Crippen LogP contribution in [0.15, 0.2) is 67.0 Å². The highest BCUT2D eigenvalue weighted by molar-refractivity contribution is 5.92. The molecule has 2 aromatic carbocycles. The van der Waals surface area contributed by atoms with Crippen LogP contribution in [0, 0.1) is 0 Å². The Balaban J connectivity index is 1.36. The molecule has 0 amide bonds. The molecule has 1 atom stereocenters. The lowest BCUT2D eigenvalue weighted by molar-refractivity contribution is 0.227. The quantitative estimate of drug-likeness (QED) is 0.521. The third kappa shape index (κ3) is 4.11. The van der Waals surface area contributed by atoms with Gasteiger partial charge in [-0.1, -0.05) is 30.3 Å². The molecule has 4 aromatic rings. The zero-order valence-corrected chi connectivity index (χ0v) is 18.0. The Labute approximate surface area is 182 Å². The van der Waals surface area contributed by atoms with Crippen LogP contribution in [0.5, 0.6) is 5.75 Å². The molecule has 0 saturated carbocycles. The minimum atomic E-state index is 0.00143. The number of anilines is 1. The molecule has 6 heteroatoms. The van der Waals surface area contributed by atoms with Crippen molar-refractivity contribution >= 4 is 16.9 Å². The lowest BCUT2D eigenvalue weighted by Crippen LogP contribution is -2.44. The second-order valence-corrected chi connectivity index (χ2v) is 8.13. The van der Waals surface area contributed by atoms with Gasteiger partial charge in [0.15, 0.2) is 0 Å². The summed E-state index contributed by atoms with van der Waals surface area (Å²) in [4.78, 5) is 17.2. The van der Waals surface area contributed by atoms with E-state index in [0.717, 1.165) is 65.6 Å². The number of H-pyrrole nitrogens is 1. The number of aromatic amines is 1. The molecule has 0 aliphatic carbocycles. The molecule has 1 fully saturated rings. The van der Waals surface area contributed by atoms with E-state index in [1.54, 1.807) is 6.33 Å². The van der Waals surface area contributed by atoms with Crippen molar-refractivity contribution in [1.82, 2.24) is 19.9 Å². The molecule has 1 aliphatic heterocycles. The van der Waals surface area contributed by atoms with E-state index in [-0.39, 0.29) is 6.10 Å². The van der Waals surface area contributed by atoms with Crippen LogP contribution in [-0.4, -0.2) is 53.1 Å². The molecular weight excluding hydrogens is 386 g/mol. The van der Waals surface area contributed by atoms with Crippen molar-refractivity contribution in [2.24, 2.45) is 0 Å². The number of nitrogens with one attached hydrogen (secondary N) is 1. The molecule has 1 N–H and O–H groups in total. The summed E-state index contributed by atoms with van der Waals surface area (Å²) in [6.07, 6.45) is 1.65. The van der Waals surface area contributed by atoms with Crippen molar-refractivity contribution in [3.63, 3.8) is 0 Å². The van der Waals surface area contributed by atoms with Gasteiger partial charge < -0.3 is 19.5 Å². The predicted octanol–water partition coefficient (Wildman–Crippen LogP) is 4.52.